The minimum Gasteiger partial charge on any atom is -0.325 e. The van der Waals surface area contributed by atoms with E-state index in [9.17, 15) is 22.8 Å². The van der Waals surface area contributed by atoms with E-state index in [1.54, 1.807) is 12.1 Å². The fourth-order valence-corrected chi connectivity index (χ4v) is 3.34. The summed E-state index contributed by atoms with van der Waals surface area (Å²) in [6, 6.07) is 8.71. The zero-order valence-corrected chi connectivity index (χ0v) is 15.2. The van der Waals surface area contributed by atoms with Crippen LogP contribution in [-0.4, -0.2) is 18.4 Å². The molecule has 1 fully saturated rings. The fraction of sp³-hybridized carbons (Fsp3) is 0.222. The van der Waals surface area contributed by atoms with Crippen LogP contribution in [0.2, 0.25) is 10.0 Å². The number of amides is 2. The Balaban J connectivity index is 1.70. The van der Waals surface area contributed by atoms with E-state index >= 15 is 0 Å². The maximum absolute atomic E-state index is 12.6. The Labute approximate surface area is 162 Å². The molecule has 1 aliphatic heterocycles. The molecule has 1 atom stereocenters. The molecule has 9 heteroatoms. The van der Waals surface area contributed by atoms with Crippen molar-refractivity contribution in [3.8, 4) is 0 Å². The third kappa shape index (κ3) is 4.20. The highest BCUT2D eigenvalue weighted by Gasteiger charge is 2.38. The predicted octanol–water partition coefficient (Wildman–Crippen LogP) is 5.00. The average molecular weight is 417 g/mol. The van der Waals surface area contributed by atoms with Crippen LogP contribution < -0.4 is 10.2 Å². The molecule has 1 aliphatic rings. The first-order valence-electron chi connectivity index (χ1n) is 7.91. The first-order chi connectivity index (χ1) is 12.7. The van der Waals surface area contributed by atoms with Crippen LogP contribution in [0.25, 0.3) is 0 Å². The van der Waals surface area contributed by atoms with Crippen molar-refractivity contribution >= 4 is 46.4 Å². The molecule has 0 unspecified atom stereocenters. The minimum absolute atomic E-state index is 0.184. The highest BCUT2D eigenvalue weighted by atomic mass is 35.5. The predicted molar refractivity (Wildman–Crippen MR) is 97.0 cm³/mol. The van der Waals surface area contributed by atoms with Crippen LogP contribution in [0.15, 0.2) is 42.5 Å². The topological polar surface area (TPSA) is 49.4 Å². The van der Waals surface area contributed by atoms with Crippen LogP contribution >= 0.6 is 23.2 Å². The van der Waals surface area contributed by atoms with Gasteiger partial charge in [-0.05, 0) is 48.9 Å². The Hall–Kier alpha value is -2.25. The summed E-state index contributed by atoms with van der Waals surface area (Å²) in [6.07, 6.45) is -4.19. The van der Waals surface area contributed by atoms with Crippen molar-refractivity contribution in [1.29, 1.82) is 0 Å². The number of carbonyl (C=O) groups is 2. The molecule has 0 aromatic heterocycles. The lowest BCUT2D eigenvalue weighted by Gasteiger charge is -2.18. The lowest BCUT2D eigenvalue weighted by atomic mass is 10.1. The molecule has 1 N–H and O–H groups in total. The van der Waals surface area contributed by atoms with E-state index in [2.05, 4.69) is 5.32 Å². The van der Waals surface area contributed by atoms with Gasteiger partial charge in [0.25, 0.3) is 0 Å². The van der Waals surface area contributed by atoms with Gasteiger partial charge < -0.3 is 10.2 Å². The largest absolute Gasteiger partial charge is 0.416 e. The summed E-state index contributed by atoms with van der Waals surface area (Å²) in [5.41, 5.74) is -0.180. The number of carbonyl (C=O) groups excluding carboxylic acids is 2. The normalized spacial score (nSPS) is 17.3. The molecule has 0 spiro atoms. The molecule has 2 aromatic carbocycles. The third-order valence-corrected chi connectivity index (χ3v) is 4.74. The second-order valence-electron chi connectivity index (χ2n) is 5.99. The van der Waals surface area contributed by atoms with Crippen LogP contribution in [-0.2, 0) is 15.8 Å². The van der Waals surface area contributed by atoms with Gasteiger partial charge in [0.15, 0.2) is 0 Å². The summed E-state index contributed by atoms with van der Waals surface area (Å²) in [7, 11) is 0. The standard InChI is InChI=1S/C18H13Cl2F3N2O2/c19-11-3-6-15(14(20)9-11)25-8-7-13(17(25)27)16(26)24-12-4-1-10(2-5-12)18(21,22)23/h1-6,9,13H,7-8H2,(H,24,26)/t13-/m0/s1. The van der Waals surface area contributed by atoms with E-state index in [0.717, 1.165) is 24.3 Å². The molecule has 0 bridgehead atoms. The summed E-state index contributed by atoms with van der Waals surface area (Å²) in [6.45, 7) is 0.297. The first-order valence-corrected chi connectivity index (χ1v) is 8.67. The van der Waals surface area contributed by atoms with Crippen molar-refractivity contribution in [2.24, 2.45) is 5.92 Å². The molecule has 0 aliphatic carbocycles. The summed E-state index contributed by atoms with van der Waals surface area (Å²) >= 11 is 12.0. The molecule has 2 aromatic rings. The van der Waals surface area contributed by atoms with Crippen LogP contribution in [0.1, 0.15) is 12.0 Å². The summed E-state index contributed by atoms with van der Waals surface area (Å²) in [4.78, 5) is 26.4. The maximum Gasteiger partial charge on any atom is 0.416 e. The monoisotopic (exact) mass is 416 g/mol. The molecular formula is C18H13Cl2F3N2O2. The second kappa shape index (κ2) is 7.40. The number of nitrogens with one attached hydrogen (secondary N) is 1. The number of rotatable bonds is 3. The van der Waals surface area contributed by atoms with Crippen molar-refractivity contribution < 1.29 is 22.8 Å². The Bertz CT molecular complexity index is 885. The molecular weight excluding hydrogens is 404 g/mol. The molecule has 142 valence electrons. The Morgan fingerprint density at radius 2 is 1.78 bits per heavy atom. The molecule has 1 heterocycles. The Kier molecular flexibility index (Phi) is 5.35. The molecule has 0 radical (unpaired) electrons. The molecule has 4 nitrogen and oxygen atoms in total. The van der Waals surface area contributed by atoms with E-state index < -0.39 is 29.5 Å². The summed E-state index contributed by atoms with van der Waals surface area (Å²) in [5, 5.41) is 3.20. The van der Waals surface area contributed by atoms with Crippen LogP contribution in [0, 0.1) is 5.92 Å². The van der Waals surface area contributed by atoms with Gasteiger partial charge in [0.05, 0.1) is 16.3 Å². The van der Waals surface area contributed by atoms with Gasteiger partial charge in [-0.1, -0.05) is 23.2 Å². The number of alkyl halides is 3. The van der Waals surface area contributed by atoms with Crippen LogP contribution in [0.3, 0.4) is 0 Å². The molecule has 27 heavy (non-hydrogen) atoms. The molecule has 3 rings (SSSR count). The van der Waals surface area contributed by atoms with Gasteiger partial charge in [0.2, 0.25) is 11.8 Å². The number of hydrogen-bond donors (Lipinski definition) is 1. The number of anilines is 2. The van der Waals surface area contributed by atoms with Gasteiger partial charge in [0, 0.05) is 17.3 Å². The van der Waals surface area contributed by atoms with Crippen molar-refractivity contribution in [2.45, 2.75) is 12.6 Å². The van der Waals surface area contributed by atoms with Crippen molar-refractivity contribution in [3.05, 3.63) is 58.1 Å². The minimum atomic E-state index is -4.46. The SMILES string of the molecule is O=C(Nc1ccc(C(F)(F)F)cc1)[C@@H]1CCN(c2ccc(Cl)cc2Cl)C1=O. The van der Waals surface area contributed by atoms with E-state index in [1.807, 2.05) is 0 Å². The lowest BCUT2D eigenvalue weighted by molar-refractivity contribution is -0.137. The van der Waals surface area contributed by atoms with E-state index in [1.165, 1.54) is 11.0 Å². The van der Waals surface area contributed by atoms with E-state index in [-0.39, 0.29) is 12.1 Å². The smallest absolute Gasteiger partial charge is 0.325 e. The van der Waals surface area contributed by atoms with E-state index in [4.69, 9.17) is 23.2 Å². The van der Waals surface area contributed by atoms with Crippen molar-refractivity contribution in [2.75, 3.05) is 16.8 Å². The lowest BCUT2D eigenvalue weighted by Crippen LogP contribution is -2.33. The highest BCUT2D eigenvalue weighted by Crippen LogP contribution is 2.34. The second-order valence-corrected chi connectivity index (χ2v) is 6.83. The van der Waals surface area contributed by atoms with Crippen LogP contribution in [0.5, 0.6) is 0 Å². The molecule has 2 amide bonds. The summed E-state index contributed by atoms with van der Waals surface area (Å²) in [5.74, 6) is -1.95. The van der Waals surface area contributed by atoms with Crippen molar-refractivity contribution in [3.63, 3.8) is 0 Å². The number of hydrogen-bond acceptors (Lipinski definition) is 2. The first kappa shape index (κ1) is 19.5. The van der Waals surface area contributed by atoms with Gasteiger partial charge >= 0.3 is 6.18 Å². The maximum atomic E-state index is 12.6. The number of halogens is 5. The fourth-order valence-electron chi connectivity index (χ4n) is 2.83. The van der Waals surface area contributed by atoms with Gasteiger partial charge in [-0.3, -0.25) is 9.59 Å². The highest BCUT2D eigenvalue weighted by molar-refractivity contribution is 6.37. The average Bonchev–Trinajstić information content (AvgIpc) is 2.96. The zero-order chi connectivity index (χ0) is 19.8. The zero-order valence-electron chi connectivity index (χ0n) is 13.7. The summed E-state index contributed by atoms with van der Waals surface area (Å²) < 4.78 is 37.8. The van der Waals surface area contributed by atoms with Gasteiger partial charge in [-0.2, -0.15) is 13.2 Å². The Morgan fingerprint density at radius 3 is 2.37 bits per heavy atom. The van der Waals surface area contributed by atoms with Gasteiger partial charge in [0.1, 0.15) is 5.92 Å². The third-order valence-electron chi connectivity index (χ3n) is 4.20. The Morgan fingerprint density at radius 1 is 1.11 bits per heavy atom. The van der Waals surface area contributed by atoms with E-state index in [0.29, 0.717) is 22.3 Å². The van der Waals surface area contributed by atoms with Gasteiger partial charge in [-0.15, -0.1) is 0 Å². The van der Waals surface area contributed by atoms with Crippen molar-refractivity contribution in [1.82, 2.24) is 0 Å². The molecule has 1 saturated heterocycles. The quantitative estimate of drug-likeness (QED) is 0.715. The van der Waals surface area contributed by atoms with Crippen LogP contribution in [0.4, 0.5) is 24.5 Å². The number of nitrogens with zero attached hydrogens (tertiary/aromatic N) is 1. The molecule has 0 saturated carbocycles. The number of benzene rings is 2. The van der Waals surface area contributed by atoms with Gasteiger partial charge in [-0.25, -0.2) is 0 Å².